The van der Waals surface area contributed by atoms with Crippen molar-refractivity contribution in [2.45, 2.75) is 6.18 Å². The summed E-state index contributed by atoms with van der Waals surface area (Å²) in [6.45, 7) is 0. The molecular weight excluding hydrogens is 299 g/mol. The fourth-order valence-electron chi connectivity index (χ4n) is 1.97. The van der Waals surface area contributed by atoms with Gasteiger partial charge in [0.15, 0.2) is 11.5 Å². The SMILES string of the molecule is CNC(=O)N(C)c1c(N)c(C(F)(F)F)nn1-c1ccccc1. The van der Waals surface area contributed by atoms with E-state index in [1.807, 2.05) is 0 Å². The summed E-state index contributed by atoms with van der Waals surface area (Å²) < 4.78 is 40.1. The number of halogens is 3. The number of anilines is 2. The number of urea groups is 1. The third-order valence-corrected chi connectivity index (χ3v) is 3.00. The maximum Gasteiger partial charge on any atom is 0.437 e. The quantitative estimate of drug-likeness (QED) is 0.893. The normalized spacial score (nSPS) is 11.3. The van der Waals surface area contributed by atoms with Crippen LogP contribution in [0.1, 0.15) is 5.69 Å². The number of nitrogens with two attached hydrogens (primary N) is 1. The first-order valence-electron chi connectivity index (χ1n) is 6.24. The van der Waals surface area contributed by atoms with Crippen LogP contribution in [0.2, 0.25) is 0 Å². The van der Waals surface area contributed by atoms with E-state index in [0.717, 1.165) is 9.58 Å². The third-order valence-electron chi connectivity index (χ3n) is 3.00. The van der Waals surface area contributed by atoms with E-state index in [4.69, 9.17) is 5.73 Å². The Morgan fingerprint density at radius 1 is 1.32 bits per heavy atom. The molecule has 0 saturated heterocycles. The van der Waals surface area contributed by atoms with Gasteiger partial charge in [-0.15, -0.1) is 0 Å². The maximum absolute atomic E-state index is 13.0. The summed E-state index contributed by atoms with van der Waals surface area (Å²) in [6, 6.07) is 7.51. The first-order valence-corrected chi connectivity index (χ1v) is 6.24. The molecule has 2 amide bonds. The molecule has 0 unspecified atom stereocenters. The van der Waals surface area contributed by atoms with Gasteiger partial charge >= 0.3 is 12.2 Å². The van der Waals surface area contributed by atoms with Gasteiger partial charge in [0.2, 0.25) is 0 Å². The van der Waals surface area contributed by atoms with Crippen LogP contribution in [0.15, 0.2) is 30.3 Å². The first-order chi connectivity index (χ1) is 10.3. The van der Waals surface area contributed by atoms with Gasteiger partial charge in [-0.05, 0) is 12.1 Å². The zero-order chi connectivity index (χ0) is 16.5. The summed E-state index contributed by atoms with van der Waals surface area (Å²) in [5.74, 6) is -0.155. The van der Waals surface area contributed by atoms with E-state index >= 15 is 0 Å². The number of hydrogen-bond acceptors (Lipinski definition) is 3. The summed E-state index contributed by atoms with van der Waals surface area (Å²) >= 11 is 0. The minimum Gasteiger partial charge on any atom is -0.394 e. The molecule has 0 aliphatic heterocycles. The van der Waals surface area contributed by atoms with Crippen molar-refractivity contribution in [1.29, 1.82) is 0 Å². The number of nitrogens with zero attached hydrogens (tertiary/aromatic N) is 3. The van der Waals surface area contributed by atoms with Gasteiger partial charge in [0.25, 0.3) is 0 Å². The predicted molar refractivity (Wildman–Crippen MR) is 75.8 cm³/mol. The number of rotatable bonds is 2. The third kappa shape index (κ3) is 2.69. The van der Waals surface area contributed by atoms with Crippen molar-refractivity contribution in [2.75, 3.05) is 24.7 Å². The zero-order valence-electron chi connectivity index (χ0n) is 11.8. The lowest BCUT2D eigenvalue weighted by Gasteiger charge is -2.18. The van der Waals surface area contributed by atoms with Crippen molar-refractivity contribution in [3.05, 3.63) is 36.0 Å². The van der Waals surface area contributed by atoms with Crippen LogP contribution >= 0.6 is 0 Å². The molecule has 0 radical (unpaired) electrons. The summed E-state index contributed by atoms with van der Waals surface area (Å²) in [6.07, 6.45) is -4.72. The Labute approximate surface area is 124 Å². The standard InChI is InChI=1S/C13H14F3N5O/c1-18-12(22)20(2)11-9(17)10(13(14,15)16)19-21(11)8-6-4-3-5-7-8/h3-7H,17H2,1-2H3,(H,18,22). The van der Waals surface area contributed by atoms with Crippen LogP contribution in [0.5, 0.6) is 0 Å². The number of carbonyl (C=O) groups excluding carboxylic acids is 1. The van der Waals surface area contributed by atoms with Crippen molar-refractivity contribution in [1.82, 2.24) is 15.1 Å². The van der Waals surface area contributed by atoms with Crippen molar-refractivity contribution in [3.63, 3.8) is 0 Å². The zero-order valence-corrected chi connectivity index (χ0v) is 11.8. The topological polar surface area (TPSA) is 76.2 Å². The minimum absolute atomic E-state index is 0.155. The van der Waals surface area contributed by atoms with Crippen molar-refractivity contribution in [3.8, 4) is 5.69 Å². The Hall–Kier alpha value is -2.71. The molecule has 0 spiro atoms. The molecule has 2 aromatic rings. The van der Waals surface area contributed by atoms with Crippen LogP contribution in [0.3, 0.4) is 0 Å². The van der Waals surface area contributed by atoms with Crippen LogP contribution in [0, 0.1) is 0 Å². The Morgan fingerprint density at radius 2 is 1.91 bits per heavy atom. The average molecular weight is 313 g/mol. The molecule has 22 heavy (non-hydrogen) atoms. The van der Waals surface area contributed by atoms with Crippen LogP contribution in [-0.2, 0) is 6.18 Å². The lowest BCUT2D eigenvalue weighted by Crippen LogP contribution is -2.36. The van der Waals surface area contributed by atoms with Gasteiger partial charge in [-0.3, -0.25) is 4.90 Å². The highest BCUT2D eigenvalue weighted by atomic mass is 19.4. The Kier molecular flexibility index (Phi) is 3.98. The first kappa shape index (κ1) is 15.7. The Morgan fingerprint density at radius 3 is 2.41 bits per heavy atom. The van der Waals surface area contributed by atoms with Gasteiger partial charge in [-0.2, -0.15) is 18.3 Å². The largest absolute Gasteiger partial charge is 0.437 e. The number of nitrogens with one attached hydrogen (secondary N) is 1. The number of alkyl halides is 3. The lowest BCUT2D eigenvalue weighted by molar-refractivity contribution is -0.140. The van der Waals surface area contributed by atoms with E-state index in [0.29, 0.717) is 5.69 Å². The van der Waals surface area contributed by atoms with E-state index in [9.17, 15) is 18.0 Å². The number of nitrogen functional groups attached to an aromatic ring is 1. The molecule has 0 aliphatic rings. The summed E-state index contributed by atoms with van der Waals surface area (Å²) in [4.78, 5) is 12.7. The molecule has 6 nitrogen and oxygen atoms in total. The number of benzene rings is 1. The molecule has 0 fully saturated rings. The summed E-state index contributed by atoms with van der Waals surface area (Å²) in [5.41, 5.74) is 4.11. The fraction of sp³-hybridized carbons (Fsp3) is 0.231. The highest BCUT2D eigenvalue weighted by Gasteiger charge is 2.40. The molecule has 1 aromatic carbocycles. The van der Waals surface area contributed by atoms with Crippen LogP contribution < -0.4 is 16.0 Å². The van der Waals surface area contributed by atoms with Crippen LogP contribution in [-0.4, -0.2) is 29.9 Å². The number of para-hydroxylation sites is 1. The van der Waals surface area contributed by atoms with E-state index in [2.05, 4.69) is 10.4 Å². The lowest BCUT2D eigenvalue weighted by atomic mass is 10.3. The molecule has 0 atom stereocenters. The molecule has 0 bridgehead atoms. The molecule has 0 saturated carbocycles. The van der Waals surface area contributed by atoms with Gasteiger partial charge in [-0.1, -0.05) is 18.2 Å². The Balaban J connectivity index is 2.69. The second kappa shape index (κ2) is 5.58. The molecular formula is C13H14F3N5O. The highest BCUT2D eigenvalue weighted by molar-refractivity contribution is 5.94. The monoisotopic (exact) mass is 313 g/mol. The Bertz CT molecular complexity index is 681. The van der Waals surface area contributed by atoms with E-state index < -0.39 is 23.6 Å². The van der Waals surface area contributed by atoms with Crippen molar-refractivity contribution in [2.24, 2.45) is 0 Å². The van der Waals surface area contributed by atoms with Gasteiger partial charge in [-0.25, -0.2) is 9.48 Å². The second-order valence-corrected chi connectivity index (χ2v) is 4.45. The van der Waals surface area contributed by atoms with Crippen LogP contribution in [0.25, 0.3) is 5.69 Å². The second-order valence-electron chi connectivity index (χ2n) is 4.45. The summed E-state index contributed by atoms with van der Waals surface area (Å²) in [7, 11) is 2.68. The predicted octanol–water partition coefficient (Wildman–Crippen LogP) is 2.25. The minimum atomic E-state index is -4.72. The molecule has 2 rings (SSSR count). The van der Waals surface area contributed by atoms with Crippen molar-refractivity contribution < 1.29 is 18.0 Å². The molecule has 3 N–H and O–H groups in total. The molecule has 0 aliphatic carbocycles. The molecule has 9 heteroatoms. The van der Waals surface area contributed by atoms with Gasteiger partial charge in [0.1, 0.15) is 5.69 Å². The number of aromatic nitrogens is 2. The number of hydrogen-bond donors (Lipinski definition) is 2. The van der Waals surface area contributed by atoms with Gasteiger partial charge in [0.05, 0.1) is 5.69 Å². The maximum atomic E-state index is 13.0. The average Bonchev–Trinajstić information content (AvgIpc) is 2.84. The fourth-order valence-corrected chi connectivity index (χ4v) is 1.97. The van der Waals surface area contributed by atoms with Gasteiger partial charge in [0, 0.05) is 14.1 Å². The summed E-state index contributed by atoms with van der Waals surface area (Å²) in [5, 5.41) is 5.86. The van der Waals surface area contributed by atoms with E-state index in [1.54, 1.807) is 30.3 Å². The van der Waals surface area contributed by atoms with Gasteiger partial charge < -0.3 is 11.1 Å². The van der Waals surface area contributed by atoms with Crippen molar-refractivity contribution >= 4 is 17.5 Å². The smallest absolute Gasteiger partial charge is 0.394 e. The van der Waals surface area contributed by atoms with E-state index in [-0.39, 0.29) is 5.82 Å². The molecule has 1 heterocycles. The van der Waals surface area contributed by atoms with E-state index in [1.165, 1.54) is 14.1 Å². The molecule has 1 aromatic heterocycles. The molecule has 118 valence electrons. The highest BCUT2D eigenvalue weighted by Crippen LogP contribution is 2.38. The number of amides is 2. The van der Waals surface area contributed by atoms with Crippen LogP contribution in [0.4, 0.5) is 29.5 Å². The number of carbonyl (C=O) groups is 1.